The minimum Gasteiger partial charge on any atom is -0.508 e. The van der Waals surface area contributed by atoms with Gasteiger partial charge in [-0.1, -0.05) is 12.1 Å². The Morgan fingerprint density at radius 2 is 1.90 bits per heavy atom. The van der Waals surface area contributed by atoms with Gasteiger partial charge in [-0.25, -0.2) is 0 Å². The van der Waals surface area contributed by atoms with Crippen LogP contribution in [0.1, 0.15) is 11.1 Å². The number of aryl methyl sites for hydroxylation is 1. The summed E-state index contributed by atoms with van der Waals surface area (Å²) in [7, 11) is 3.26. The SMILES string of the molecule is COc1cccc(CNc2ccc(O)cc2C)c1OC. The first-order valence-electron chi connectivity index (χ1n) is 6.39. The van der Waals surface area contributed by atoms with E-state index < -0.39 is 0 Å². The molecule has 0 saturated heterocycles. The molecule has 4 heteroatoms. The minimum absolute atomic E-state index is 0.270. The number of methoxy groups -OCH3 is 2. The van der Waals surface area contributed by atoms with Crippen molar-refractivity contribution >= 4 is 5.69 Å². The predicted octanol–water partition coefficient (Wildman–Crippen LogP) is 3.33. The zero-order chi connectivity index (χ0) is 14.5. The van der Waals surface area contributed by atoms with Gasteiger partial charge < -0.3 is 19.9 Å². The average Bonchev–Trinajstić information content (AvgIpc) is 2.45. The van der Waals surface area contributed by atoms with Gasteiger partial charge in [0.25, 0.3) is 0 Å². The molecular formula is C16H19NO3. The molecule has 2 N–H and O–H groups in total. The van der Waals surface area contributed by atoms with E-state index in [0.717, 1.165) is 22.6 Å². The monoisotopic (exact) mass is 273 g/mol. The lowest BCUT2D eigenvalue weighted by molar-refractivity contribution is 0.352. The molecule has 0 aliphatic carbocycles. The lowest BCUT2D eigenvalue weighted by Crippen LogP contribution is -2.04. The summed E-state index contributed by atoms with van der Waals surface area (Å²) in [4.78, 5) is 0. The van der Waals surface area contributed by atoms with Crippen LogP contribution in [-0.2, 0) is 6.54 Å². The number of para-hydroxylation sites is 1. The number of benzene rings is 2. The minimum atomic E-state index is 0.270. The molecule has 2 aromatic rings. The maximum atomic E-state index is 9.41. The van der Waals surface area contributed by atoms with Crippen LogP contribution in [0.25, 0.3) is 0 Å². The van der Waals surface area contributed by atoms with E-state index in [9.17, 15) is 5.11 Å². The first-order chi connectivity index (χ1) is 9.65. The van der Waals surface area contributed by atoms with Crippen LogP contribution in [0.15, 0.2) is 36.4 Å². The highest BCUT2D eigenvalue weighted by atomic mass is 16.5. The van der Waals surface area contributed by atoms with Gasteiger partial charge in [-0.15, -0.1) is 0 Å². The summed E-state index contributed by atoms with van der Waals surface area (Å²) in [6, 6.07) is 11.0. The summed E-state index contributed by atoms with van der Waals surface area (Å²) < 4.78 is 10.7. The van der Waals surface area contributed by atoms with Gasteiger partial charge in [-0.05, 0) is 36.8 Å². The van der Waals surface area contributed by atoms with Crippen LogP contribution in [0, 0.1) is 6.92 Å². The Bertz CT molecular complexity index is 596. The highest BCUT2D eigenvalue weighted by Crippen LogP contribution is 2.31. The molecule has 0 radical (unpaired) electrons. The number of ether oxygens (including phenoxy) is 2. The van der Waals surface area contributed by atoms with E-state index in [1.54, 1.807) is 26.4 Å². The highest BCUT2D eigenvalue weighted by Gasteiger charge is 2.09. The average molecular weight is 273 g/mol. The fraction of sp³-hybridized carbons (Fsp3) is 0.250. The Kier molecular flexibility index (Phi) is 4.35. The molecule has 4 nitrogen and oxygen atoms in total. The summed E-state index contributed by atoms with van der Waals surface area (Å²) in [5, 5.41) is 12.7. The zero-order valence-electron chi connectivity index (χ0n) is 11.9. The highest BCUT2D eigenvalue weighted by molar-refractivity contribution is 5.55. The Morgan fingerprint density at radius 3 is 2.55 bits per heavy atom. The van der Waals surface area contributed by atoms with Crippen molar-refractivity contribution in [3.05, 3.63) is 47.5 Å². The summed E-state index contributed by atoms with van der Waals surface area (Å²) in [6.07, 6.45) is 0. The molecule has 0 unspecified atom stereocenters. The third kappa shape index (κ3) is 2.96. The lowest BCUT2D eigenvalue weighted by Gasteiger charge is -2.14. The van der Waals surface area contributed by atoms with Crippen LogP contribution >= 0.6 is 0 Å². The van der Waals surface area contributed by atoms with Crippen molar-refractivity contribution in [2.24, 2.45) is 0 Å². The first kappa shape index (κ1) is 14.1. The fourth-order valence-electron chi connectivity index (χ4n) is 2.13. The van der Waals surface area contributed by atoms with E-state index in [2.05, 4.69) is 5.32 Å². The van der Waals surface area contributed by atoms with Gasteiger partial charge >= 0.3 is 0 Å². The van der Waals surface area contributed by atoms with Crippen LogP contribution in [0.4, 0.5) is 5.69 Å². The summed E-state index contributed by atoms with van der Waals surface area (Å²) in [5.41, 5.74) is 2.99. The van der Waals surface area contributed by atoms with Crippen molar-refractivity contribution in [2.45, 2.75) is 13.5 Å². The van der Waals surface area contributed by atoms with Crippen molar-refractivity contribution in [3.8, 4) is 17.2 Å². The third-order valence-corrected chi connectivity index (χ3v) is 3.16. The molecule has 0 heterocycles. The van der Waals surface area contributed by atoms with E-state index in [0.29, 0.717) is 12.3 Å². The van der Waals surface area contributed by atoms with Crippen molar-refractivity contribution in [1.29, 1.82) is 0 Å². The normalized spacial score (nSPS) is 10.2. The number of rotatable bonds is 5. The summed E-state index contributed by atoms with van der Waals surface area (Å²) in [6.45, 7) is 2.57. The van der Waals surface area contributed by atoms with E-state index in [1.807, 2.05) is 31.2 Å². The van der Waals surface area contributed by atoms with E-state index in [4.69, 9.17) is 9.47 Å². The molecule has 0 aliphatic rings. The number of anilines is 1. The molecule has 0 aliphatic heterocycles. The van der Waals surface area contributed by atoms with Gasteiger partial charge in [0.1, 0.15) is 5.75 Å². The lowest BCUT2D eigenvalue weighted by atomic mass is 10.1. The molecule has 20 heavy (non-hydrogen) atoms. The maximum Gasteiger partial charge on any atom is 0.165 e. The largest absolute Gasteiger partial charge is 0.508 e. The topological polar surface area (TPSA) is 50.7 Å². The molecule has 0 saturated carbocycles. The molecule has 2 aromatic carbocycles. The van der Waals surface area contributed by atoms with Crippen LogP contribution in [0.3, 0.4) is 0 Å². The molecule has 0 amide bonds. The summed E-state index contributed by atoms with van der Waals surface area (Å²) in [5.74, 6) is 1.72. The zero-order valence-corrected chi connectivity index (χ0v) is 11.9. The van der Waals surface area contributed by atoms with E-state index in [1.165, 1.54) is 0 Å². The molecule has 0 atom stereocenters. The number of nitrogens with one attached hydrogen (secondary N) is 1. The standard InChI is InChI=1S/C16H19NO3/c1-11-9-13(18)7-8-14(11)17-10-12-5-4-6-15(19-2)16(12)20-3/h4-9,17-18H,10H2,1-3H3. The number of hydrogen-bond acceptors (Lipinski definition) is 4. The smallest absolute Gasteiger partial charge is 0.165 e. The second-order valence-corrected chi connectivity index (χ2v) is 4.51. The molecular weight excluding hydrogens is 254 g/mol. The molecule has 2 rings (SSSR count). The Hall–Kier alpha value is -2.36. The maximum absolute atomic E-state index is 9.41. The quantitative estimate of drug-likeness (QED) is 0.820. The molecule has 0 fully saturated rings. The Morgan fingerprint density at radius 1 is 1.10 bits per heavy atom. The second kappa shape index (κ2) is 6.19. The Labute approximate surface area is 119 Å². The van der Waals surface area contributed by atoms with Crippen LogP contribution < -0.4 is 14.8 Å². The third-order valence-electron chi connectivity index (χ3n) is 3.16. The van der Waals surface area contributed by atoms with Crippen LogP contribution in [0.2, 0.25) is 0 Å². The van der Waals surface area contributed by atoms with Crippen molar-refractivity contribution in [1.82, 2.24) is 0 Å². The molecule has 106 valence electrons. The predicted molar refractivity (Wildman–Crippen MR) is 79.7 cm³/mol. The van der Waals surface area contributed by atoms with Gasteiger partial charge in [-0.2, -0.15) is 0 Å². The van der Waals surface area contributed by atoms with E-state index in [-0.39, 0.29) is 5.75 Å². The van der Waals surface area contributed by atoms with Gasteiger partial charge in [0, 0.05) is 17.8 Å². The van der Waals surface area contributed by atoms with E-state index >= 15 is 0 Å². The van der Waals surface area contributed by atoms with Crippen molar-refractivity contribution in [2.75, 3.05) is 19.5 Å². The fourth-order valence-corrected chi connectivity index (χ4v) is 2.13. The van der Waals surface area contributed by atoms with Crippen LogP contribution in [0.5, 0.6) is 17.2 Å². The molecule has 0 spiro atoms. The van der Waals surface area contributed by atoms with Gasteiger partial charge in [0.05, 0.1) is 14.2 Å². The van der Waals surface area contributed by atoms with Crippen molar-refractivity contribution in [3.63, 3.8) is 0 Å². The number of phenolic OH excluding ortho intramolecular Hbond substituents is 1. The van der Waals surface area contributed by atoms with Gasteiger partial charge in [0.2, 0.25) is 0 Å². The number of aromatic hydroxyl groups is 1. The second-order valence-electron chi connectivity index (χ2n) is 4.51. The Balaban J connectivity index is 2.18. The molecule has 0 aromatic heterocycles. The van der Waals surface area contributed by atoms with Crippen molar-refractivity contribution < 1.29 is 14.6 Å². The van der Waals surface area contributed by atoms with Crippen LogP contribution in [-0.4, -0.2) is 19.3 Å². The van der Waals surface area contributed by atoms with Gasteiger partial charge in [0.15, 0.2) is 11.5 Å². The number of phenols is 1. The molecule has 0 bridgehead atoms. The van der Waals surface area contributed by atoms with Gasteiger partial charge in [-0.3, -0.25) is 0 Å². The summed E-state index contributed by atoms with van der Waals surface area (Å²) >= 11 is 0. The number of hydrogen-bond donors (Lipinski definition) is 2. The first-order valence-corrected chi connectivity index (χ1v) is 6.39.